The normalized spacial score (nSPS) is 23.1. The minimum atomic E-state index is -0.476. The number of hydrogen-bond acceptors (Lipinski definition) is 6. The molecule has 2 amide bonds. The van der Waals surface area contributed by atoms with Crippen molar-refractivity contribution < 1.29 is 23.9 Å². The Bertz CT molecular complexity index is 964. The van der Waals surface area contributed by atoms with Gasteiger partial charge in [-0.25, -0.2) is 0 Å². The monoisotopic (exact) mass is 409 g/mol. The Morgan fingerprint density at radius 2 is 1.90 bits per heavy atom. The third-order valence-electron chi connectivity index (χ3n) is 5.76. The summed E-state index contributed by atoms with van der Waals surface area (Å²) in [5.74, 6) is -0.828. The van der Waals surface area contributed by atoms with Crippen molar-refractivity contribution in [1.29, 1.82) is 0 Å². The van der Waals surface area contributed by atoms with Crippen LogP contribution in [0.15, 0.2) is 48.7 Å². The summed E-state index contributed by atoms with van der Waals surface area (Å²) in [5, 5.41) is 0. The molecule has 1 aromatic heterocycles. The van der Waals surface area contributed by atoms with Crippen molar-refractivity contribution in [3.05, 3.63) is 59.9 Å². The fraction of sp³-hybridized carbons (Fsp3) is 0.364. The second kappa shape index (κ2) is 8.14. The molecule has 0 N–H and O–H groups in total. The van der Waals surface area contributed by atoms with E-state index >= 15 is 0 Å². The number of esters is 1. The third-order valence-corrected chi connectivity index (χ3v) is 5.76. The number of piperazine rings is 1. The molecule has 3 atom stereocenters. The predicted molar refractivity (Wildman–Crippen MR) is 107 cm³/mol. The number of methoxy groups -OCH3 is 2. The van der Waals surface area contributed by atoms with Crippen molar-refractivity contribution in [3.8, 4) is 5.75 Å². The number of amides is 2. The average molecular weight is 409 g/mol. The number of rotatable bonds is 4. The summed E-state index contributed by atoms with van der Waals surface area (Å²) in [6.07, 6.45) is 1.94. The fourth-order valence-corrected chi connectivity index (χ4v) is 4.43. The molecule has 2 saturated heterocycles. The molecule has 0 bridgehead atoms. The summed E-state index contributed by atoms with van der Waals surface area (Å²) in [4.78, 5) is 45.9. The molecule has 0 radical (unpaired) electrons. The largest absolute Gasteiger partial charge is 0.497 e. The third kappa shape index (κ3) is 3.49. The van der Waals surface area contributed by atoms with Gasteiger partial charge in [0.1, 0.15) is 18.0 Å². The second-order valence-electron chi connectivity index (χ2n) is 7.44. The Balaban J connectivity index is 1.61. The highest BCUT2D eigenvalue weighted by Gasteiger charge is 2.51. The van der Waals surface area contributed by atoms with Crippen LogP contribution in [0.25, 0.3) is 0 Å². The smallest absolute Gasteiger partial charge is 0.311 e. The molecule has 8 heteroatoms. The number of hydrogen-bond donors (Lipinski definition) is 0. The van der Waals surface area contributed by atoms with Gasteiger partial charge in [-0.1, -0.05) is 30.3 Å². The van der Waals surface area contributed by atoms with E-state index in [-0.39, 0.29) is 36.1 Å². The first-order chi connectivity index (χ1) is 14.5. The average Bonchev–Trinajstić information content (AvgIpc) is 3.18. The van der Waals surface area contributed by atoms with E-state index in [9.17, 15) is 14.4 Å². The molecule has 4 rings (SSSR count). The van der Waals surface area contributed by atoms with Gasteiger partial charge in [0, 0.05) is 18.8 Å². The lowest BCUT2D eigenvalue weighted by atomic mass is 9.93. The van der Waals surface area contributed by atoms with Crippen molar-refractivity contribution in [2.45, 2.75) is 18.5 Å². The van der Waals surface area contributed by atoms with Crippen molar-refractivity contribution in [2.75, 3.05) is 27.3 Å². The molecule has 1 aromatic carbocycles. The van der Waals surface area contributed by atoms with E-state index in [0.717, 1.165) is 5.56 Å². The molecule has 156 valence electrons. The van der Waals surface area contributed by atoms with Crippen LogP contribution in [0.3, 0.4) is 0 Å². The molecule has 3 heterocycles. The predicted octanol–water partition coefficient (Wildman–Crippen LogP) is 1.68. The van der Waals surface area contributed by atoms with Gasteiger partial charge in [0.2, 0.25) is 5.91 Å². The van der Waals surface area contributed by atoms with Crippen molar-refractivity contribution >= 4 is 17.8 Å². The van der Waals surface area contributed by atoms with Gasteiger partial charge in [-0.05, 0) is 18.1 Å². The summed E-state index contributed by atoms with van der Waals surface area (Å²) >= 11 is 0. The number of aromatic nitrogens is 1. The first-order valence-electron chi connectivity index (χ1n) is 9.76. The Morgan fingerprint density at radius 3 is 2.60 bits per heavy atom. The zero-order valence-corrected chi connectivity index (χ0v) is 16.9. The van der Waals surface area contributed by atoms with Crippen LogP contribution in [-0.2, 0) is 14.3 Å². The van der Waals surface area contributed by atoms with Crippen LogP contribution in [0.1, 0.15) is 28.5 Å². The van der Waals surface area contributed by atoms with Crippen LogP contribution in [0.2, 0.25) is 0 Å². The van der Waals surface area contributed by atoms with Gasteiger partial charge < -0.3 is 19.3 Å². The Labute approximate surface area is 174 Å². The summed E-state index contributed by atoms with van der Waals surface area (Å²) < 4.78 is 10.2. The molecule has 0 spiro atoms. The maximum Gasteiger partial charge on any atom is 0.311 e. The quantitative estimate of drug-likeness (QED) is 0.714. The van der Waals surface area contributed by atoms with Crippen LogP contribution < -0.4 is 4.74 Å². The standard InChI is InChI=1S/C22H23N3O5/c1-29-16-8-9-23-18(11-16)21(27)24-12-15-10-17(22(28)30-2)20(25(15)19(26)13-24)14-6-4-3-5-7-14/h3-9,11,15,17,20H,10,12-13H2,1-2H3/t15-,17-,20-/m0/s1. The first kappa shape index (κ1) is 19.9. The molecule has 0 saturated carbocycles. The van der Waals surface area contributed by atoms with Crippen LogP contribution >= 0.6 is 0 Å². The molecule has 2 aliphatic heterocycles. The Morgan fingerprint density at radius 1 is 1.13 bits per heavy atom. The van der Waals surface area contributed by atoms with E-state index < -0.39 is 12.0 Å². The number of carbonyl (C=O) groups excluding carboxylic acids is 3. The molecule has 8 nitrogen and oxygen atoms in total. The van der Waals surface area contributed by atoms with Crippen molar-refractivity contribution in [2.24, 2.45) is 5.92 Å². The summed E-state index contributed by atoms with van der Waals surface area (Å²) in [6, 6.07) is 12.0. The lowest BCUT2D eigenvalue weighted by molar-refractivity contribution is -0.147. The second-order valence-corrected chi connectivity index (χ2v) is 7.44. The number of nitrogens with zero attached hydrogens (tertiary/aromatic N) is 3. The van der Waals surface area contributed by atoms with Gasteiger partial charge in [0.25, 0.3) is 5.91 Å². The molecule has 2 aliphatic rings. The number of ether oxygens (including phenoxy) is 2. The summed E-state index contributed by atoms with van der Waals surface area (Å²) in [5.41, 5.74) is 1.11. The van der Waals surface area contributed by atoms with Crippen molar-refractivity contribution in [1.82, 2.24) is 14.8 Å². The van der Waals surface area contributed by atoms with Gasteiger partial charge >= 0.3 is 5.97 Å². The van der Waals surface area contributed by atoms with Crippen LogP contribution in [-0.4, -0.2) is 65.9 Å². The van der Waals surface area contributed by atoms with E-state index in [1.807, 2.05) is 30.3 Å². The lowest BCUT2D eigenvalue weighted by Crippen LogP contribution is -2.56. The lowest BCUT2D eigenvalue weighted by Gasteiger charge is -2.40. The highest BCUT2D eigenvalue weighted by atomic mass is 16.5. The maximum atomic E-state index is 13.1. The van der Waals surface area contributed by atoms with Crippen molar-refractivity contribution in [3.63, 3.8) is 0 Å². The SMILES string of the molecule is COC(=O)[C@H]1C[C@H]2CN(C(=O)c3cc(OC)ccn3)CC(=O)N2[C@H]1c1ccccc1. The highest BCUT2D eigenvalue weighted by molar-refractivity contribution is 5.96. The van der Waals surface area contributed by atoms with Gasteiger partial charge in [-0.2, -0.15) is 0 Å². The molecular weight excluding hydrogens is 386 g/mol. The van der Waals surface area contributed by atoms with Crippen LogP contribution in [0.5, 0.6) is 5.75 Å². The van der Waals surface area contributed by atoms with Gasteiger partial charge in [-0.3, -0.25) is 19.4 Å². The van der Waals surface area contributed by atoms with E-state index in [0.29, 0.717) is 18.7 Å². The van der Waals surface area contributed by atoms with Gasteiger partial charge in [0.05, 0.1) is 32.2 Å². The molecular formula is C22H23N3O5. The molecule has 2 aromatic rings. The van der Waals surface area contributed by atoms with Crippen LogP contribution in [0.4, 0.5) is 0 Å². The van der Waals surface area contributed by atoms with E-state index in [1.165, 1.54) is 25.3 Å². The van der Waals surface area contributed by atoms with Gasteiger partial charge in [-0.15, -0.1) is 0 Å². The van der Waals surface area contributed by atoms with E-state index in [2.05, 4.69) is 4.98 Å². The van der Waals surface area contributed by atoms with E-state index in [1.54, 1.807) is 17.0 Å². The number of pyridine rings is 1. The molecule has 0 aliphatic carbocycles. The fourth-order valence-electron chi connectivity index (χ4n) is 4.43. The zero-order chi connectivity index (χ0) is 21.3. The van der Waals surface area contributed by atoms with Crippen LogP contribution in [0, 0.1) is 5.92 Å². The molecule has 0 unspecified atom stereocenters. The van der Waals surface area contributed by atoms with Gasteiger partial charge in [0.15, 0.2) is 0 Å². The minimum absolute atomic E-state index is 0.0640. The number of carbonyl (C=O) groups is 3. The van der Waals surface area contributed by atoms with E-state index in [4.69, 9.17) is 9.47 Å². The highest BCUT2D eigenvalue weighted by Crippen LogP contribution is 2.43. The Hall–Kier alpha value is -3.42. The molecule has 2 fully saturated rings. The number of fused-ring (bicyclic) bond motifs is 1. The number of benzene rings is 1. The maximum absolute atomic E-state index is 13.1. The summed E-state index contributed by atoms with van der Waals surface area (Å²) in [6.45, 7) is 0.270. The first-order valence-corrected chi connectivity index (χ1v) is 9.76. The Kier molecular flexibility index (Phi) is 5.39. The minimum Gasteiger partial charge on any atom is -0.497 e. The topological polar surface area (TPSA) is 89.0 Å². The molecule has 30 heavy (non-hydrogen) atoms. The summed E-state index contributed by atoms with van der Waals surface area (Å²) in [7, 11) is 2.87. The zero-order valence-electron chi connectivity index (χ0n) is 16.9.